The minimum atomic E-state index is -0.607. The first-order valence-electron chi connectivity index (χ1n) is 8.78. The largest absolute Gasteiger partial charge is 0.493 e. The average molecular weight is 380 g/mol. The lowest BCUT2D eigenvalue weighted by Gasteiger charge is -2.10. The van der Waals surface area contributed by atoms with Crippen LogP contribution in [0, 0.1) is 6.92 Å². The molecular weight excluding hydrogens is 360 g/mol. The molecule has 1 heterocycles. The Morgan fingerprint density at radius 3 is 2.71 bits per heavy atom. The Kier molecular flexibility index (Phi) is 5.69. The molecule has 0 aliphatic heterocycles. The van der Waals surface area contributed by atoms with Crippen LogP contribution in [0.25, 0.3) is 10.8 Å². The number of aromatic amines is 2. The van der Waals surface area contributed by atoms with E-state index in [9.17, 15) is 14.4 Å². The first kappa shape index (κ1) is 19.1. The normalized spacial score (nSPS) is 11.1. The van der Waals surface area contributed by atoms with Crippen LogP contribution in [0.1, 0.15) is 23.7 Å². The molecule has 0 saturated carbocycles. The number of hydrazone groups is 1. The molecule has 3 N–H and O–H groups in total. The SMILES string of the molecule is CCOc1ccc2ccccc2c1/C=N\NC(=O)Cc1c(C)[nH]c(=O)[nH]c1=O. The number of carbonyl (C=O) groups excluding carboxylic acids is 1. The van der Waals surface area contributed by atoms with Crippen LogP contribution in [0.15, 0.2) is 51.1 Å². The molecule has 0 fully saturated rings. The van der Waals surface area contributed by atoms with Gasteiger partial charge >= 0.3 is 5.69 Å². The fraction of sp³-hybridized carbons (Fsp3) is 0.200. The number of hydrogen-bond acceptors (Lipinski definition) is 5. The summed E-state index contributed by atoms with van der Waals surface area (Å²) in [6, 6.07) is 11.6. The Hall–Kier alpha value is -3.68. The van der Waals surface area contributed by atoms with Crippen molar-refractivity contribution in [3.05, 3.63) is 74.1 Å². The van der Waals surface area contributed by atoms with Crippen molar-refractivity contribution in [3.63, 3.8) is 0 Å². The minimum Gasteiger partial charge on any atom is -0.493 e. The number of H-pyrrole nitrogens is 2. The van der Waals surface area contributed by atoms with Gasteiger partial charge in [0.25, 0.3) is 5.56 Å². The number of aromatic nitrogens is 2. The number of hydrogen-bond donors (Lipinski definition) is 3. The maximum absolute atomic E-state index is 12.2. The van der Waals surface area contributed by atoms with Crippen LogP contribution in [0.3, 0.4) is 0 Å². The fourth-order valence-electron chi connectivity index (χ4n) is 2.90. The highest BCUT2D eigenvalue weighted by Crippen LogP contribution is 2.26. The molecular formula is C20H20N4O4. The van der Waals surface area contributed by atoms with Crippen LogP contribution < -0.4 is 21.4 Å². The second kappa shape index (κ2) is 8.34. The number of amides is 1. The summed E-state index contributed by atoms with van der Waals surface area (Å²) in [5.74, 6) is 0.183. The van der Waals surface area contributed by atoms with E-state index in [-0.39, 0.29) is 12.0 Å². The second-order valence-electron chi connectivity index (χ2n) is 6.11. The molecule has 0 aliphatic rings. The number of nitrogens with zero attached hydrogens (tertiary/aromatic N) is 1. The summed E-state index contributed by atoms with van der Waals surface area (Å²) in [7, 11) is 0. The zero-order valence-electron chi connectivity index (χ0n) is 15.5. The van der Waals surface area contributed by atoms with E-state index < -0.39 is 17.2 Å². The number of benzene rings is 2. The van der Waals surface area contributed by atoms with E-state index in [1.165, 1.54) is 6.21 Å². The van der Waals surface area contributed by atoms with Gasteiger partial charge in [-0.15, -0.1) is 0 Å². The van der Waals surface area contributed by atoms with Crippen molar-refractivity contribution < 1.29 is 9.53 Å². The van der Waals surface area contributed by atoms with Crippen molar-refractivity contribution in [3.8, 4) is 5.75 Å². The van der Waals surface area contributed by atoms with Gasteiger partial charge in [0.05, 0.1) is 19.2 Å². The number of fused-ring (bicyclic) bond motifs is 1. The van der Waals surface area contributed by atoms with Gasteiger partial charge in [0, 0.05) is 16.8 Å². The molecule has 1 amide bonds. The molecule has 0 spiro atoms. The molecule has 28 heavy (non-hydrogen) atoms. The average Bonchev–Trinajstić information content (AvgIpc) is 2.66. The van der Waals surface area contributed by atoms with E-state index in [0.717, 1.165) is 16.3 Å². The molecule has 0 bridgehead atoms. The number of nitrogens with one attached hydrogen (secondary N) is 3. The third-order valence-corrected chi connectivity index (χ3v) is 4.21. The van der Waals surface area contributed by atoms with E-state index >= 15 is 0 Å². The zero-order valence-corrected chi connectivity index (χ0v) is 15.5. The van der Waals surface area contributed by atoms with Crippen LogP contribution in [-0.4, -0.2) is 28.7 Å². The maximum Gasteiger partial charge on any atom is 0.325 e. The number of ether oxygens (including phenoxy) is 1. The lowest BCUT2D eigenvalue weighted by molar-refractivity contribution is -0.120. The van der Waals surface area contributed by atoms with Gasteiger partial charge in [-0.25, -0.2) is 10.2 Å². The summed E-state index contributed by atoms with van der Waals surface area (Å²) in [5, 5.41) is 5.99. The smallest absolute Gasteiger partial charge is 0.325 e. The first-order valence-corrected chi connectivity index (χ1v) is 8.78. The predicted octanol–water partition coefficient (Wildman–Crippen LogP) is 1.62. The Morgan fingerprint density at radius 1 is 1.18 bits per heavy atom. The van der Waals surface area contributed by atoms with Crippen molar-refractivity contribution in [2.24, 2.45) is 5.10 Å². The molecule has 8 heteroatoms. The summed E-state index contributed by atoms with van der Waals surface area (Å²) in [5.41, 5.74) is 2.50. The van der Waals surface area contributed by atoms with Gasteiger partial charge < -0.3 is 9.72 Å². The third-order valence-electron chi connectivity index (χ3n) is 4.21. The van der Waals surface area contributed by atoms with E-state index in [2.05, 4.69) is 20.5 Å². The van der Waals surface area contributed by atoms with Crippen molar-refractivity contribution >= 4 is 22.9 Å². The standard InChI is InChI=1S/C20H20N4O4/c1-3-28-17-9-8-13-6-4-5-7-14(13)16(17)11-21-24-18(25)10-15-12(2)22-20(27)23-19(15)26/h4-9,11H,3,10H2,1-2H3,(H,24,25)(H2,22,23,26,27)/b21-11-. The van der Waals surface area contributed by atoms with Gasteiger partial charge in [-0.2, -0.15) is 5.10 Å². The summed E-state index contributed by atoms with van der Waals surface area (Å²) in [6.07, 6.45) is 1.32. The molecule has 3 aromatic rings. The van der Waals surface area contributed by atoms with Crippen molar-refractivity contribution in [2.45, 2.75) is 20.3 Å². The van der Waals surface area contributed by atoms with Crippen molar-refractivity contribution in [1.29, 1.82) is 0 Å². The lowest BCUT2D eigenvalue weighted by Crippen LogP contribution is -2.30. The number of rotatable bonds is 6. The van der Waals surface area contributed by atoms with Crippen LogP contribution in [-0.2, 0) is 11.2 Å². The molecule has 0 aliphatic carbocycles. The lowest BCUT2D eigenvalue weighted by atomic mass is 10.0. The molecule has 2 aromatic carbocycles. The molecule has 0 unspecified atom stereocenters. The summed E-state index contributed by atoms with van der Waals surface area (Å²) < 4.78 is 5.66. The monoisotopic (exact) mass is 380 g/mol. The quantitative estimate of drug-likeness (QED) is 0.445. The van der Waals surface area contributed by atoms with Gasteiger partial charge in [-0.1, -0.05) is 30.3 Å². The highest BCUT2D eigenvalue weighted by Gasteiger charge is 2.11. The van der Waals surface area contributed by atoms with E-state index in [1.807, 2.05) is 43.3 Å². The molecule has 0 saturated heterocycles. The van der Waals surface area contributed by atoms with Gasteiger partial charge in [0.1, 0.15) is 5.75 Å². The molecule has 1 aromatic heterocycles. The van der Waals surface area contributed by atoms with Crippen molar-refractivity contribution in [2.75, 3.05) is 6.61 Å². The van der Waals surface area contributed by atoms with Gasteiger partial charge in [-0.3, -0.25) is 14.6 Å². The maximum atomic E-state index is 12.2. The molecule has 0 radical (unpaired) electrons. The topological polar surface area (TPSA) is 116 Å². The van der Waals surface area contributed by atoms with E-state index in [0.29, 0.717) is 18.1 Å². The van der Waals surface area contributed by atoms with Crippen LogP contribution in [0.4, 0.5) is 0 Å². The van der Waals surface area contributed by atoms with Crippen LogP contribution in [0.2, 0.25) is 0 Å². The molecule has 0 atom stereocenters. The van der Waals surface area contributed by atoms with E-state index in [1.54, 1.807) is 6.92 Å². The van der Waals surface area contributed by atoms with Gasteiger partial charge in [0.15, 0.2) is 0 Å². The van der Waals surface area contributed by atoms with Crippen molar-refractivity contribution in [1.82, 2.24) is 15.4 Å². The Labute approximate surface area is 160 Å². The second-order valence-corrected chi connectivity index (χ2v) is 6.11. The molecule has 3 rings (SSSR count). The Bertz CT molecular complexity index is 1160. The highest BCUT2D eigenvalue weighted by atomic mass is 16.5. The zero-order chi connectivity index (χ0) is 20.1. The summed E-state index contributed by atoms with van der Waals surface area (Å²) in [6.45, 7) is 3.95. The van der Waals surface area contributed by atoms with Crippen LogP contribution in [0.5, 0.6) is 5.75 Å². The predicted molar refractivity (Wildman–Crippen MR) is 107 cm³/mol. The highest BCUT2D eigenvalue weighted by molar-refractivity contribution is 6.02. The third kappa shape index (κ3) is 4.17. The first-order chi connectivity index (χ1) is 13.5. The summed E-state index contributed by atoms with van der Waals surface area (Å²) >= 11 is 0. The Balaban J connectivity index is 1.81. The van der Waals surface area contributed by atoms with Crippen LogP contribution >= 0.6 is 0 Å². The number of carbonyl (C=O) groups is 1. The Morgan fingerprint density at radius 2 is 1.96 bits per heavy atom. The van der Waals surface area contributed by atoms with E-state index in [4.69, 9.17) is 4.74 Å². The summed E-state index contributed by atoms with van der Waals surface area (Å²) in [4.78, 5) is 39.8. The fourth-order valence-corrected chi connectivity index (χ4v) is 2.90. The number of aryl methyl sites for hydroxylation is 1. The molecule has 144 valence electrons. The van der Waals surface area contributed by atoms with Gasteiger partial charge in [-0.05, 0) is 30.7 Å². The molecule has 8 nitrogen and oxygen atoms in total. The van der Waals surface area contributed by atoms with Gasteiger partial charge in [0.2, 0.25) is 5.91 Å². The minimum absolute atomic E-state index is 0.187.